The van der Waals surface area contributed by atoms with Gasteiger partial charge in [-0.15, -0.1) is 0 Å². The highest BCUT2D eigenvalue weighted by Crippen LogP contribution is 2.30. The molecule has 0 aliphatic heterocycles. The summed E-state index contributed by atoms with van der Waals surface area (Å²) in [6.07, 6.45) is 1.95. The standard InChI is InChI=1S/C22H20F3N7/c1-14-7-17(9-18(8-14)30-21-27-6-4-19(31-21)22(23,24)25)16-3-5-26-20(10-16)28-11-15-12-29-32(2)13-15/h3-10,12-13H,11H2,1-2H3,(H,26,28)(H,27,30,31). The Balaban J connectivity index is 1.55. The van der Waals surface area contributed by atoms with E-state index in [2.05, 4.69) is 30.7 Å². The third-order valence-electron chi connectivity index (χ3n) is 4.60. The van der Waals surface area contributed by atoms with Gasteiger partial charge in [0.05, 0.1) is 6.20 Å². The van der Waals surface area contributed by atoms with Crippen molar-refractivity contribution in [1.82, 2.24) is 24.7 Å². The second-order valence-electron chi connectivity index (χ2n) is 7.28. The molecule has 3 aromatic heterocycles. The van der Waals surface area contributed by atoms with Gasteiger partial charge in [0, 0.05) is 43.4 Å². The minimum atomic E-state index is -4.53. The van der Waals surface area contributed by atoms with E-state index < -0.39 is 11.9 Å². The van der Waals surface area contributed by atoms with Gasteiger partial charge in [-0.05, 0) is 53.9 Å². The molecule has 4 aromatic rings. The molecule has 0 amide bonds. The topological polar surface area (TPSA) is 80.6 Å². The Labute approximate surface area is 182 Å². The molecule has 2 N–H and O–H groups in total. The lowest BCUT2D eigenvalue weighted by molar-refractivity contribution is -0.141. The summed E-state index contributed by atoms with van der Waals surface area (Å²) in [5.74, 6) is 0.577. The third kappa shape index (κ3) is 5.20. The number of anilines is 3. The number of nitrogens with zero attached hydrogens (tertiary/aromatic N) is 5. The summed E-state index contributed by atoms with van der Waals surface area (Å²) < 4.78 is 40.5. The molecule has 164 valence electrons. The number of aryl methyl sites for hydroxylation is 2. The first-order chi connectivity index (χ1) is 15.3. The predicted octanol–water partition coefficient (Wildman–Crippen LogP) is 4.96. The van der Waals surface area contributed by atoms with E-state index in [1.54, 1.807) is 17.1 Å². The fourth-order valence-electron chi connectivity index (χ4n) is 3.19. The summed E-state index contributed by atoms with van der Waals surface area (Å²) in [5, 5.41) is 10.3. The lowest BCUT2D eigenvalue weighted by Crippen LogP contribution is -2.10. The van der Waals surface area contributed by atoms with Gasteiger partial charge in [-0.3, -0.25) is 4.68 Å². The summed E-state index contributed by atoms with van der Waals surface area (Å²) in [4.78, 5) is 11.8. The van der Waals surface area contributed by atoms with E-state index in [0.29, 0.717) is 18.1 Å². The molecule has 0 fully saturated rings. The third-order valence-corrected chi connectivity index (χ3v) is 4.60. The molecule has 0 aliphatic carbocycles. The van der Waals surface area contributed by atoms with Crippen molar-refractivity contribution in [3.63, 3.8) is 0 Å². The van der Waals surface area contributed by atoms with Crippen molar-refractivity contribution < 1.29 is 13.2 Å². The predicted molar refractivity (Wildman–Crippen MR) is 115 cm³/mol. The molecular formula is C22H20F3N7. The van der Waals surface area contributed by atoms with Gasteiger partial charge in [0.2, 0.25) is 5.95 Å². The minimum absolute atomic E-state index is 0.120. The molecule has 0 unspecified atom stereocenters. The van der Waals surface area contributed by atoms with E-state index in [1.807, 2.05) is 50.5 Å². The summed E-state index contributed by atoms with van der Waals surface area (Å²) in [6.45, 7) is 2.49. The molecule has 32 heavy (non-hydrogen) atoms. The lowest BCUT2D eigenvalue weighted by Gasteiger charge is -2.12. The van der Waals surface area contributed by atoms with E-state index in [9.17, 15) is 13.2 Å². The van der Waals surface area contributed by atoms with Gasteiger partial charge in [-0.25, -0.2) is 15.0 Å². The molecule has 7 nitrogen and oxygen atoms in total. The average Bonchev–Trinajstić information content (AvgIpc) is 3.17. The average molecular weight is 439 g/mol. The zero-order chi connectivity index (χ0) is 22.7. The highest BCUT2D eigenvalue weighted by atomic mass is 19.4. The summed E-state index contributed by atoms with van der Waals surface area (Å²) in [6, 6.07) is 10.2. The fraction of sp³-hybridized carbons (Fsp3) is 0.182. The Hall–Kier alpha value is -3.95. The minimum Gasteiger partial charge on any atom is -0.366 e. The number of hydrogen-bond donors (Lipinski definition) is 2. The van der Waals surface area contributed by atoms with Crippen molar-refractivity contribution in [1.29, 1.82) is 0 Å². The highest BCUT2D eigenvalue weighted by molar-refractivity contribution is 5.72. The Morgan fingerprint density at radius 2 is 1.81 bits per heavy atom. The zero-order valence-electron chi connectivity index (χ0n) is 17.4. The lowest BCUT2D eigenvalue weighted by atomic mass is 10.0. The van der Waals surface area contributed by atoms with Crippen LogP contribution < -0.4 is 10.6 Å². The summed E-state index contributed by atoms with van der Waals surface area (Å²) in [5.41, 5.74) is 3.33. The van der Waals surface area contributed by atoms with Crippen LogP contribution in [0.3, 0.4) is 0 Å². The molecule has 3 heterocycles. The van der Waals surface area contributed by atoms with Gasteiger partial charge in [0.25, 0.3) is 0 Å². The van der Waals surface area contributed by atoms with E-state index in [4.69, 9.17) is 0 Å². The van der Waals surface area contributed by atoms with Crippen molar-refractivity contribution >= 4 is 17.5 Å². The number of hydrogen-bond acceptors (Lipinski definition) is 6. The Bertz CT molecular complexity index is 1230. The first-order valence-electron chi connectivity index (χ1n) is 9.73. The molecule has 10 heteroatoms. The second kappa shape index (κ2) is 8.66. The number of rotatable bonds is 6. The van der Waals surface area contributed by atoms with Gasteiger partial charge >= 0.3 is 6.18 Å². The fourth-order valence-corrected chi connectivity index (χ4v) is 3.19. The maximum atomic E-state index is 12.9. The molecule has 0 bridgehead atoms. The number of aromatic nitrogens is 5. The first kappa shape index (κ1) is 21.3. The number of alkyl halides is 3. The molecule has 1 aromatic carbocycles. The molecule has 0 saturated heterocycles. The van der Waals surface area contributed by atoms with Gasteiger partial charge in [0.1, 0.15) is 11.5 Å². The van der Waals surface area contributed by atoms with Crippen LogP contribution in [-0.4, -0.2) is 24.7 Å². The van der Waals surface area contributed by atoms with Crippen LogP contribution in [0.25, 0.3) is 11.1 Å². The summed E-state index contributed by atoms with van der Waals surface area (Å²) in [7, 11) is 1.86. The van der Waals surface area contributed by atoms with Gasteiger partial charge in [-0.2, -0.15) is 18.3 Å². The number of nitrogens with one attached hydrogen (secondary N) is 2. The number of halogens is 3. The maximum absolute atomic E-state index is 12.9. The van der Waals surface area contributed by atoms with E-state index in [-0.39, 0.29) is 5.95 Å². The Kier molecular flexibility index (Phi) is 5.76. The number of pyridine rings is 1. The van der Waals surface area contributed by atoms with Crippen LogP contribution in [0.5, 0.6) is 0 Å². The molecule has 0 saturated carbocycles. The van der Waals surface area contributed by atoms with E-state index in [1.165, 1.54) is 0 Å². The van der Waals surface area contributed by atoms with Gasteiger partial charge < -0.3 is 10.6 Å². The molecule has 0 atom stereocenters. The normalized spacial score (nSPS) is 11.4. The van der Waals surface area contributed by atoms with Crippen LogP contribution in [0, 0.1) is 6.92 Å². The maximum Gasteiger partial charge on any atom is 0.433 e. The van der Waals surface area contributed by atoms with Crippen molar-refractivity contribution in [3.05, 3.63) is 78.0 Å². The van der Waals surface area contributed by atoms with Crippen LogP contribution in [0.4, 0.5) is 30.6 Å². The van der Waals surface area contributed by atoms with E-state index in [0.717, 1.165) is 34.5 Å². The van der Waals surface area contributed by atoms with E-state index >= 15 is 0 Å². The van der Waals surface area contributed by atoms with Crippen LogP contribution in [0.2, 0.25) is 0 Å². The first-order valence-corrected chi connectivity index (χ1v) is 9.73. The second-order valence-corrected chi connectivity index (χ2v) is 7.28. The van der Waals surface area contributed by atoms with Crippen molar-refractivity contribution in [2.45, 2.75) is 19.6 Å². The number of benzene rings is 1. The quantitative estimate of drug-likeness (QED) is 0.442. The van der Waals surface area contributed by atoms with Crippen LogP contribution in [-0.2, 0) is 19.8 Å². The molecule has 0 aliphatic rings. The molecule has 4 rings (SSSR count). The summed E-state index contributed by atoms with van der Waals surface area (Å²) >= 11 is 0. The monoisotopic (exact) mass is 439 g/mol. The van der Waals surface area contributed by atoms with Gasteiger partial charge in [-0.1, -0.05) is 6.07 Å². The molecule has 0 radical (unpaired) electrons. The molecular weight excluding hydrogens is 419 g/mol. The van der Waals surface area contributed by atoms with Crippen LogP contribution in [0.15, 0.2) is 61.2 Å². The highest BCUT2D eigenvalue weighted by Gasteiger charge is 2.32. The van der Waals surface area contributed by atoms with Crippen molar-refractivity contribution in [2.75, 3.05) is 10.6 Å². The largest absolute Gasteiger partial charge is 0.433 e. The smallest absolute Gasteiger partial charge is 0.366 e. The van der Waals surface area contributed by atoms with Crippen molar-refractivity contribution in [3.8, 4) is 11.1 Å². The zero-order valence-corrected chi connectivity index (χ0v) is 17.4. The Morgan fingerprint density at radius 3 is 2.56 bits per heavy atom. The van der Waals surface area contributed by atoms with Gasteiger partial charge in [0.15, 0.2) is 0 Å². The van der Waals surface area contributed by atoms with Crippen LogP contribution >= 0.6 is 0 Å². The van der Waals surface area contributed by atoms with Crippen molar-refractivity contribution in [2.24, 2.45) is 7.05 Å². The van der Waals surface area contributed by atoms with Crippen LogP contribution in [0.1, 0.15) is 16.8 Å². The molecule has 0 spiro atoms. The SMILES string of the molecule is Cc1cc(Nc2nccc(C(F)(F)F)n2)cc(-c2ccnc(NCc3cnn(C)c3)c2)c1. The Morgan fingerprint density at radius 1 is 1.00 bits per heavy atom.